The zero-order chi connectivity index (χ0) is 12.3. The molecule has 0 bridgehead atoms. The predicted octanol–water partition coefficient (Wildman–Crippen LogP) is 1.02. The maximum absolute atomic E-state index is 5.53. The number of nitrogens with two attached hydrogens (primary N) is 1. The summed E-state index contributed by atoms with van der Waals surface area (Å²) in [5, 5.41) is 6.61. The molecule has 2 aromatic rings. The number of hydrogen-bond acceptors (Lipinski definition) is 6. The molecule has 2 rings (SSSR count). The number of thiocarbonyl (C=S) groups is 1. The normalized spacial score (nSPS) is 10.2. The van der Waals surface area contributed by atoms with Gasteiger partial charge in [0.25, 0.3) is 0 Å². The van der Waals surface area contributed by atoms with Gasteiger partial charge >= 0.3 is 0 Å². The zero-order valence-corrected chi connectivity index (χ0v) is 9.99. The Bertz CT molecular complexity index is 525. The van der Waals surface area contributed by atoms with Crippen molar-refractivity contribution >= 4 is 23.2 Å². The number of hydrogen-bond donors (Lipinski definition) is 2. The summed E-state index contributed by atoms with van der Waals surface area (Å²) in [5.74, 6) is 1.16. The first-order chi connectivity index (χ1) is 8.15. The number of aromatic nitrogens is 3. The molecule has 0 aliphatic rings. The Morgan fingerprint density at radius 1 is 1.53 bits per heavy atom. The Kier molecular flexibility index (Phi) is 3.29. The Morgan fingerprint density at radius 3 is 3.00 bits per heavy atom. The SMILES string of the molecule is Cc1cc(C(N)=S)nc(NCc2ccno2)n1. The van der Waals surface area contributed by atoms with Crippen LogP contribution >= 0.6 is 12.2 Å². The topological polar surface area (TPSA) is 89.9 Å². The van der Waals surface area contributed by atoms with Crippen LogP contribution in [0.15, 0.2) is 22.9 Å². The molecule has 2 aromatic heterocycles. The Hall–Kier alpha value is -2.02. The Labute approximate surface area is 103 Å². The fourth-order valence-electron chi connectivity index (χ4n) is 1.27. The molecule has 0 saturated heterocycles. The molecule has 88 valence electrons. The Morgan fingerprint density at radius 2 is 2.35 bits per heavy atom. The van der Waals surface area contributed by atoms with Crippen LogP contribution in [0.3, 0.4) is 0 Å². The van der Waals surface area contributed by atoms with Gasteiger partial charge in [0, 0.05) is 11.8 Å². The number of anilines is 1. The molecule has 0 fully saturated rings. The summed E-state index contributed by atoms with van der Waals surface area (Å²) >= 11 is 4.88. The summed E-state index contributed by atoms with van der Waals surface area (Å²) in [5.41, 5.74) is 6.87. The second-order valence-corrected chi connectivity index (χ2v) is 3.85. The maximum atomic E-state index is 5.53. The lowest BCUT2D eigenvalue weighted by Crippen LogP contribution is -2.14. The molecule has 0 radical (unpaired) electrons. The highest BCUT2D eigenvalue weighted by Gasteiger charge is 2.05. The van der Waals surface area contributed by atoms with E-state index < -0.39 is 0 Å². The molecule has 0 saturated carbocycles. The Balaban J connectivity index is 2.13. The third-order valence-electron chi connectivity index (χ3n) is 2.02. The van der Waals surface area contributed by atoms with Crippen molar-refractivity contribution in [1.29, 1.82) is 0 Å². The first-order valence-corrected chi connectivity index (χ1v) is 5.35. The van der Waals surface area contributed by atoms with Crippen LogP contribution in [0.25, 0.3) is 0 Å². The second kappa shape index (κ2) is 4.88. The van der Waals surface area contributed by atoms with Gasteiger partial charge in [0.1, 0.15) is 10.7 Å². The van der Waals surface area contributed by atoms with E-state index >= 15 is 0 Å². The van der Waals surface area contributed by atoms with Crippen molar-refractivity contribution in [3.05, 3.63) is 35.5 Å². The van der Waals surface area contributed by atoms with E-state index in [-0.39, 0.29) is 4.99 Å². The number of rotatable bonds is 4. The van der Waals surface area contributed by atoms with Gasteiger partial charge in [-0.3, -0.25) is 0 Å². The monoisotopic (exact) mass is 249 g/mol. The third-order valence-corrected chi connectivity index (χ3v) is 2.23. The van der Waals surface area contributed by atoms with E-state index in [4.69, 9.17) is 22.5 Å². The van der Waals surface area contributed by atoms with E-state index in [0.717, 1.165) is 5.69 Å². The summed E-state index contributed by atoms with van der Waals surface area (Å²) in [6.07, 6.45) is 1.58. The van der Waals surface area contributed by atoms with Crippen LogP contribution < -0.4 is 11.1 Å². The van der Waals surface area contributed by atoms with Crippen molar-refractivity contribution < 1.29 is 4.52 Å². The average Bonchev–Trinajstić information content (AvgIpc) is 2.78. The van der Waals surface area contributed by atoms with Crippen LogP contribution in [0.4, 0.5) is 5.95 Å². The molecular weight excluding hydrogens is 238 g/mol. The van der Waals surface area contributed by atoms with E-state index in [1.165, 1.54) is 0 Å². The smallest absolute Gasteiger partial charge is 0.223 e. The van der Waals surface area contributed by atoms with Crippen molar-refractivity contribution in [2.45, 2.75) is 13.5 Å². The maximum Gasteiger partial charge on any atom is 0.223 e. The van der Waals surface area contributed by atoms with Crippen LogP contribution in [0, 0.1) is 6.92 Å². The summed E-state index contributed by atoms with van der Waals surface area (Å²) in [4.78, 5) is 8.65. The molecule has 6 nitrogen and oxygen atoms in total. The van der Waals surface area contributed by atoms with E-state index in [1.807, 2.05) is 6.92 Å². The van der Waals surface area contributed by atoms with Gasteiger partial charge in [0.15, 0.2) is 5.76 Å². The largest absolute Gasteiger partial charge is 0.388 e. The zero-order valence-electron chi connectivity index (χ0n) is 9.17. The van der Waals surface area contributed by atoms with Crippen LogP contribution in [0.1, 0.15) is 17.1 Å². The van der Waals surface area contributed by atoms with E-state index in [9.17, 15) is 0 Å². The lowest BCUT2D eigenvalue weighted by atomic mass is 10.3. The molecule has 2 heterocycles. The highest BCUT2D eigenvalue weighted by molar-refractivity contribution is 7.80. The molecule has 0 unspecified atom stereocenters. The fourth-order valence-corrected chi connectivity index (χ4v) is 1.38. The summed E-state index contributed by atoms with van der Waals surface area (Å²) in [6.45, 7) is 2.31. The molecule has 0 amide bonds. The molecule has 0 aromatic carbocycles. The molecule has 0 aliphatic carbocycles. The first-order valence-electron chi connectivity index (χ1n) is 4.94. The van der Waals surface area contributed by atoms with Crippen LogP contribution in [0.5, 0.6) is 0 Å². The number of aryl methyl sites for hydroxylation is 1. The van der Waals surface area contributed by atoms with Crippen LogP contribution in [-0.2, 0) is 6.54 Å². The van der Waals surface area contributed by atoms with Gasteiger partial charge < -0.3 is 15.6 Å². The van der Waals surface area contributed by atoms with E-state index in [0.29, 0.717) is 23.9 Å². The highest BCUT2D eigenvalue weighted by atomic mass is 32.1. The lowest BCUT2D eigenvalue weighted by Gasteiger charge is -2.05. The van der Waals surface area contributed by atoms with Gasteiger partial charge in [-0.2, -0.15) is 0 Å². The van der Waals surface area contributed by atoms with Gasteiger partial charge in [0.2, 0.25) is 5.95 Å². The highest BCUT2D eigenvalue weighted by Crippen LogP contribution is 2.07. The van der Waals surface area contributed by atoms with Crippen LogP contribution in [-0.4, -0.2) is 20.1 Å². The number of nitrogens with zero attached hydrogens (tertiary/aromatic N) is 3. The molecule has 17 heavy (non-hydrogen) atoms. The van der Waals surface area contributed by atoms with Crippen molar-refractivity contribution in [1.82, 2.24) is 15.1 Å². The lowest BCUT2D eigenvalue weighted by molar-refractivity contribution is 0.388. The molecule has 0 atom stereocenters. The van der Waals surface area contributed by atoms with Crippen molar-refractivity contribution in [2.75, 3.05) is 5.32 Å². The standard InChI is InChI=1S/C10H11N5OS/c1-6-4-8(9(11)17)15-10(14-6)12-5-7-2-3-13-16-7/h2-4H,5H2,1H3,(H2,11,17)(H,12,14,15). The quantitative estimate of drug-likeness (QED) is 0.782. The first kappa shape index (κ1) is 11.5. The molecule has 0 aliphatic heterocycles. The minimum Gasteiger partial charge on any atom is -0.388 e. The van der Waals surface area contributed by atoms with Gasteiger partial charge in [-0.25, -0.2) is 9.97 Å². The van der Waals surface area contributed by atoms with Gasteiger partial charge in [-0.15, -0.1) is 0 Å². The summed E-state index contributed by atoms with van der Waals surface area (Å²) < 4.78 is 4.94. The van der Waals surface area contributed by atoms with E-state index in [1.54, 1.807) is 18.3 Å². The molecule has 3 N–H and O–H groups in total. The summed E-state index contributed by atoms with van der Waals surface area (Å²) in [7, 11) is 0. The molecular formula is C10H11N5OS. The van der Waals surface area contributed by atoms with Crippen molar-refractivity contribution in [3.8, 4) is 0 Å². The fraction of sp³-hybridized carbons (Fsp3) is 0.200. The minimum absolute atomic E-state index is 0.248. The van der Waals surface area contributed by atoms with Gasteiger partial charge in [-0.05, 0) is 13.0 Å². The van der Waals surface area contributed by atoms with E-state index in [2.05, 4.69) is 20.4 Å². The van der Waals surface area contributed by atoms with Gasteiger partial charge in [-0.1, -0.05) is 17.4 Å². The van der Waals surface area contributed by atoms with Crippen LogP contribution in [0.2, 0.25) is 0 Å². The predicted molar refractivity (Wildman–Crippen MR) is 66.5 cm³/mol. The third kappa shape index (κ3) is 2.97. The second-order valence-electron chi connectivity index (χ2n) is 3.41. The van der Waals surface area contributed by atoms with Crippen molar-refractivity contribution in [2.24, 2.45) is 5.73 Å². The van der Waals surface area contributed by atoms with Gasteiger partial charge in [0.05, 0.1) is 12.7 Å². The average molecular weight is 249 g/mol. The molecule has 7 heteroatoms. The van der Waals surface area contributed by atoms with Crippen molar-refractivity contribution in [3.63, 3.8) is 0 Å². The summed E-state index contributed by atoms with van der Waals surface area (Å²) in [6, 6.07) is 3.50. The number of nitrogens with one attached hydrogen (secondary N) is 1. The molecule has 0 spiro atoms. The minimum atomic E-state index is 0.248.